The summed E-state index contributed by atoms with van der Waals surface area (Å²) in [5, 5.41) is 19.2. The summed E-state index contributed by atoms with van der Waals surface area (Å²) in [7, 11) is 0. The van der Waals surface area contributed by atoms with E-state index < -0.39 is 10.9 Å². The van der Waals surface area contributed by atoms with Gasteiger partial charge in [-0.05, 0) is 31.1 Å². The number of nitro benzene ring substituents is 1. The molecule has 0 saturated heterocycles. The number of nitro groups is 1. The van der Waals surface area contributed by atoms with E-state index in [1.54, 1.807) is 19.9 Å². The van der Waals surface area contributed by atoms with Crippen LogP contribution in [0.1, 0.15) is 16.7 Å². The lowest BCUT2D eigenvalue weighted by Crippen LogP contribution is -1.96. The van der Waals surface area contributed by atoms with Crippen LogP contribution in [0.4, 0.5) is 5.69 Å². The summed E-state index contributed by atoms with van der Waals surface area (Å²) in [5.41, 5.74) is 1.86. The Morgan fingerprint density at radius 3 is 2.56 bits per heavy atom. The molecule has 0 aliphatic carbocycles. The van der Waals surface area contributed by atoms with Crippen LogP contribution in [0.25, 0.3) is 6.08 Å². The van der Waals surface area contributed by atoms with Gasteiger partial charge in [-0.2, -0.15) is 0 Å². The van der Waals surface area contributed by atoms with Crippen molar-refractivity contribution in [1.82, 2.24) is 0 Å². The monoisotopic (exact) mass is 221 g/mol. The second-order valence-corrected chi connectivity index (χ2v) is 3.37. The minimum Gasteiger partial charge on any atom is -0.478 e. The van der Waals surface area contributed by atoms with Crippen molar-refractivity contribution in [2.75, 3.05) is 0 Å². The van der Waals surface area contributed by atoms with Crippen LogP contribution in [-0.2, 0) is 4.79 Å². The normalized spacial score (nSPS) is 10.6. The van der Waals surface area contributed by atoms with Gasteiger partial charge in [-0.3, -0.25) is 10.1 Å². The van der Waals surface area contributed by atoms with Crippen LogP contribution >= 0.6 is 0 Å². The van der Waals surface area contributed by atoms with Gasteiger partial charge in [0.25, 0.3) is 5.69 Å². The van der Waals surface area contributed by atoms with Crippen molar-refractivity contribution >= 4 is 17.7 Å². The molecule has 0 heterocycles. The lowest BCUT2D eigenvalue weighted by atomic mass is 10.0. The average Bonchev–Trinajstić information content (AvgIpc) is 2.16. The van der Waals surface area contributed by atoms with Crippen molar-refractivity contribution in [3.63, 3.8) is 0 Å². The van der Waals surface area contributed by atoms with Crippen LogP contribution in [-0.4, -0.2) is 16.0 Å². The largest absolute Gasteiger partial charge is 0.478 e. The van der Waals surface area contributed by atoms with E-state index in [-0.39, 0.29) is 5.69 Å². The van der Waals surface area contributed by atoms with Crippen molar-refractivity contribution in [2.24, 2.45) is 0 Å². The van der Waals surface area contributed by atoms with E-state index >= 15 is 0 Å². The third-order valence-corrected chi connectivity index (χ3v) is 2.29. The molecule has 0 radical (unpaired) electrons. The smallest absolute Gasteiger partial charge is 0.328 e. The van der Waals surface area contributed by atoms with E-state index in [2.05, 4.69) is 0 Å². The zero-order valence-corrected chi connectivity index (χ0v) is 8.93. The van der Waals surface area contributed by atoms with Crippen molar-refractivity contribution in [3.05, 3.63) is 45.0 Å². The maximum absolute atomic E-state index is 10.7. The number of rotatable bonds is 3. The summed E-state index contributed by atoms with van der Waals surface area (Å²) in [6.07, 6.45) is 2.35. The van der Waals surface area contributed by atoms with Crippen LogP contribution in [0, 0.1) is 24.0 Å². The number of carboxylic acids is 1. The predicted molar refractivity (Wildman–Crippen MR) is 59.2 cm³/mol. The highest BCUT2D eigenvalue weighted by Gasteiger charge is 2.13. The van der Waals surface area contributed by atoms with Crippen molar-refractivity contribution < 1.29 is 14.8 Å². The minimum absolute atomic E-state index is 0.00404. The van der Waals surface area contributed by atoms with Gasteiger partial charge in [0.2, 0.25) is 0 Å². The van der Waals surface area contributed by atoms with E-state index in [0.29, 0.717) is 11.1 Å². The number of aliphatic carboxylic acids is 1. The third-order valence-electron chi connectivity index (χ3n) is 2.29. The summed E-state index contributed by atoms with van der Waals surface area (Å²) in [4.78, 5) is 20.6. The highest BCUT2D eigenvalue weighted by atomic mass is 16.6. The maximum Gasteiger partial charge on any atom is 0.328 e. The van der Waals surface area contributed by atoms with Gasteiger partial charge >= 0.3 is 5.97 Å². The van der Waals surface area contributed by atoms with Crippen molar-refractivity contribution in [2.45, 2.75) is 13.8 Å². The number of benzene rings is 1. The molecule has 0 fully saturated rings. The Morgan fingerprint density at radius 1 is 1.44 bits per heavy atom. The molecule has 1 aromatic rings. The molecule has 0 saturated carbocycles. The molecule has 1 N–H and O–H groups in total. The molecule has 0 unspecified atom stereocenters. The molecular formula is C11H11NO4. The first-order valence-electron chi connectivity index (χ1n) is 4.59. The molecule has 16 heavy (non-hydrogen) atoms. The van der Waals surface area contributed by atoms with Gasteiger partial charge in [-0.1, -0.05) is 6.07 Å². The summed E-state index contributed by atoms with van der Waals surface area (Å²) < 4.78 is 0. The summed E-state index contributed by atoms with van der Waals surface area (Å²) in [5.74, 6) is -1.08. The van der Waals surface area contributed by atoms with E-state index in [0.717, 1.165) is 11.6 Å². The molecule has 84 valence electrons. The second-order valence-electron chi connectivity index (χ2n) is 3.37. The fourth-order valence-electron chi connectivity index (χ4n) is 1.46. The Labute approximate surface area is 92.2 Å². The van der Waals surface area contributed by atoms with Crippen LogP contribution in [0.5, 0.6) is 0 Å². The van der Waals surface area contributed by atoms with Gasteiger partial charge in [0.1, 0.15) is 0 Å². The Kier molecular flexibility index (Phi) is 3.40. The quantitative estimate of drug-likeness (QED) is 0.482. The minimum atomic E-state index is -1.08. The highest BCUT2D eigenvalue weighted by molar-refractivity contribution is 5.86. The average molecular weight is 221 g/mol. The fraction of sp³-hybridized carbons (Fsp3) is 0.182. The van der Waals surface area contributed by atoms with Crippen molar-refractivity contribution in [1.29, 1.82) is 0 Å². The standard InChI is InChI=1S/C11H11NO4/c1-7-3-5-10(12(15)16)8(2)9(7)4-6-11(13)14/h3-6H,1-2H3,(H,13,14). The number of carboxylic acid groups (broad SMARTS) is 1. The Hall–Kier alpha value is -2.17. The zero-order valence-electron chi connectivity index (χ0n) is 8.93. The molecule has 1 aromatic carbocycles. The molecule has 1 rings (SSSR count). The molecular weight excluding hydrogens is 210 g/mol. The van der Waals surface area contributed by atoms with Gasteiger partial charge in [-0.15, -0.1) is 0 Å². The van der Waals surface area contributed by atoms with E-state index in [1.807, 2.05) is 0 Å². The number of aryl methyl sites for hydroxylation is 1. The van der Waals surface area contributed by atoms with E-state index in [9.17, 15) is 14.9 Å². The second kappa shape index (κ2) is 4.57. The number of nitrogens with zero attached hydrogens (tertiary/aromatic N) is 1. The summed E-state index contributed by atoms with van der Waals surface area (Å²) in [6.45, 7) is 3.38. The number of hydrogen-bond donors (Lipinski definition) is 1. The van der Waals surface area contributed by atoms with E-state index in [4.69, 9.17) is 5.11 Å². The van der Waals surface area contributed by atoms with Gasteiger partial charge in [0.05, 0.1) is 4.92 Å². The molecule has 5 nitrogen and oxygen atoms in total. The topological polar surface area (TPSA) is 80.4 Å². The maximum atomic E-state index is 10.7. The predicted octanol–water partition coefficient (Wildman–Crippen LogP) is 2.31. The summed E-state index contributed by atoms with van der Waals surface area (Å²) >= 11 is 0. The number of hydrogen-bond acceptors (Lipinski definition) is 3. The number of carbonyl (C=O) groups is 1. The Bertz CT molecular complexity index is 477. The SMILES string of the molecule is Cc1ccc([N+](=O)[O-])c(C)c1C=CC(=O)O. The first kappa shape index (κ1) is 11.9. The molecule has 0 amide bonds. The third kappa shape index (κ3) is 2.44. The molecule has 0 spiro atoms. The first-order valence-corrected chi connectivity index (χ1v) is 4.59. The Balaban J connectivity index is 3.32. The zero-order chi connectivity index (χ0) is 12.3. The summed E-state index contributed by atoms with van der Waals surface area (Å²) in [6, 6.07) is 3.02. The van der Waals surface area contributed by atoms with Gasteiger partial charge in [-0.25, -0.2) is 4.79 Å². The molecule has 0 aliphatic heterocycles. The van der Waals surface area contributed by atoms with Gasteiger partial charge in [0, 0.05) is 17.7 Å². The fourth-order valence-corrected chi connectivity index (χ4v) is 1.46. The van der Waals surface area contributed by atoms with Crippen LogP contribution < -0.4 is 0 Å². The van der Waals surface area contributed by atoms with E-state index in [1.165, 1.54) is 12.1 Å². The lowest BCUT2D eigenvalue weighted by molar-refractivity contribution is -0.385. The molecule has 0 aromatic heterocycles. The molecule has 0 aliphatic rings. The first-order chi connectivity index (χ1) is 7.43. The molecule has 5 heteroatoms. The molecule has 0 atom stereocenters. The lowest BCUT2D eigenvalue weighted by Gasteiger charge is -2.05. The van der Waals surface area contributed by atoms with Gasteiger partial charge < -0.3 is 5.11 Å². The molecule has 0 bridgehead atoms. The van der Waals surface area contributed by atoms with Crippen LogP contribution in [0.3, 0.4) is 0 Å². The van der Waals surface area contributed by atoms with Crippen molar-refractivity contribution in [3.8, 4) is 0 Å². The highest BCUT2D eigenvalue weighted by Crippen LogP contribution is 2.25. The van der Waals surface area contributed by atoms with Gasteiger partial charge in [0.15, 0.2) is 0 Å². The van der Waals surface area contributed by atoms with Crippen LogP contribution in [0.15, 0.2) is 18.2 Å². The van der Waals surface area contributed by atoms with Crippen LogP contribution in [0.2, 0.25) is 0 Å². The Morgan fingerprint density at radius 2 is 2.06 bits per heavy atom.